The summed E-state index contributed by atoms with van der Waals surface area (Å²) in [6.07, 6.45) is 5.64. The number of hydrogen-bond donors (Lipinski definition) is 1. The Kier molecular flexibility index (Phi) is 2.93. The summed E-state index contributed by atoms with van der Waals surface area (Å²) in [5.74, 6) is 0. The average molecular weight is 259 g/mol. The summed E-state index contributed by atoms with van der Waals surface area (Å²) in [5.41, 5.74) is 1.18. The first-order valence-corrected chi connectivity index (χ1v) is 5.85. The van der Waals surface area contributed by atoms with Gasteiger partial charge in [0.05, 0.1) is 18.3 Å². The smallest absolute Gasteiger partial charge is 0.107 e. The zero-order valence-electron chi connectivity index (χ0n) is 8.28. The van der Waals surface area contributed by atoms with Crippen LogP contribution in [0.25, 0.3) is 0 Å². The molecule has 1 aromatic heterocycles. The normalized spacial score (nSPS) is 27.9. The summed E-state index contributed by atoms with van der Waals surface area (Å²) in [7, 11) is 0. The molecule has 1 aromatic rings. The van der Waals surface area contributed by atoms with Crippen molar-refractivity contribution in [3.8, 4) is 0 Å². The molecule has 1 heterocycles. The van der Waals surface area contributed by atoms with Crippen LogP contribution < -0.4 is 0 Å². The van der Waals surface area contributed by atoms with Gasteiger partial charge in [-0.15, -0.1) is 0 Å². The van der Waals surface area contributed by atoms with E-state index in [9.17, 15) is 5.11 Å². The molecule has 0 amide bonds. The third kappa shape index (κ3) is 1.86. The average Bonchev–Trinajstić information content (AvgIpc) is 2.50. The van der Waals surface area contributed by atoms with Gasteiger partial charge in [-0.2, -0.15) is 5.10 Å². The van der Waals surface area contributed by atoms with Crippen molar-refractivity contribution in [2.24, 2.45) is 0 Å². The molecular formula is C10H15BrN2O. The molecule has 1 fully saturated rings. The van der Waals surface area contributed by atoms with Gasteiger partial charge in [-0.05, 0) is 48.5 Å². The lowest BCUT2D eigenvalue weighted by atomic mass is 9.93. The van der Waals surface area contributed by atoms with E-state index in [4.69, 9.17) is 0 Å². The predicted octanol–water partition coefficient (Wildman–Crippen LogP) is 2.43. The minimum absolute atomic E-state index is 0.0957. The monoisotopic (exact) mass is 258 g/mol. The minimum atomic E-state index is -0.0957. The van der Waals surface area contributed by atoms with E-state index in [1.165, 1.54) is 5.56 Å². The van der Waals surface area contributed by atoms with E-state index < -0.39 is 0 Å². The summed E-state index contributed by atoms with van der Waals surface area (Å²) in [6.45, 7) is 2.05. The summed E-state index contributed by atoms with van der Waals surface area (Å²) >= 11 is 3.54. The van der Waals surface area contributed by atoms with Gasteiger partial charge in [-0.1, -0.05) is 0 Å². The van der Waals surface area contributed by atoms with E-state index in [0.29, 0.717) is 6.04 Å². The molecule has 0 aliphatic heterocycles. The minimum Gasteiger partial charge on any atom is -0.393 e. The van der Waals surface area contributed by atoms with Crippen molar-refractivity contribution in [3.05, 3.63) is 16.4 Å². The fourth-order valence-corrected chi connectivity index (χ4v) is 2.47. The number of hydrogen-bond acceptors (Lipinski definition) is 2. The molecule has 1 aliphatic rings. The lowest BCUT2D eigenvalue weighted by Crippen LogP contribution is -2.21. The van der Waals surface area contributed by atoms with Crippen molar-refractivity contribution < 1.29 is 5.11 Å². The van der Waals surface area contributed by atoms with Gasteiger partial charge >= 0.3 is 0 Å². The zero-order valence-corrected chi connectivity index (χ0v) is 9.87. The Morgan fingerprint density at radius 2 is 2.07 bits per heavy atom. The molecular weight excluding hydrogens is 244 g/mol. The maximum atomic E-state index is 9.41. The molecule has 2 rings (SSSR count). The van der Waals surface area contributed by atoms with E-state index in [1.807, 2.05) is 17.8 Å². The van der Waals surface area contributed by atoms with Crippen LogP contribution in [-0.4, -0.2) is 21.0 Å². The Bertz CT molecular complexity index is 316. The van der Waals surface area contributed by atoms with Crippen LogP contribution in [0.4, 0.5) is 0 Å². The molecule has 1 aliphatic carbocycles. The van der Waals surface area contributed by atoms with Crippen LogP contribution in [0, 0.1) is 6.92 Å². The highest BCUT2D eigenvalue weighted by Gasteiger charge is 2.22. The quantitative estimate of drug-likeness (QED) is 0.841. The maximum absolute atomic E-state index is 9.41. The molecule has 4 heteroatoms. The SMILES string of the molecule is Cc1cnn(C2CCC(O)CC2)c1Br. The van der Waals surface area contributed by atoms with Gasteiger partial charge in [0, 0.05) is 5.56 Å². The number of rotatable bonds is 1. The Labute approximate surface area is 92.2 Å². The first-order valence-electron chi connectivity index (χ1n) is 5.06. The van der Waals surface area contributed by atoms with E-state index in [2.05, 4.69) is 21.0 Å². The lowest BCUT2D eigenvalue weighted by Gasteiger charge is -2.26. The molecule has 1 saturated carbocycles. The van der Waals surface area contributed by atoms with Crippen molar-refractivity contribution in [3.63, 3.8) is 0 Å². The first-order chi connectivity index (χ1) is 6.68. The number of halogens is 1. The fraction of sp³-hybridized carbons (Fsp3) is 0.700. The van der Waals surface area contributed by atoms with Gasteiger partial charge < -0.3 is 5.11 Å². The highest BCUT2D eigenvalue weighted by molar-refractivity contribution is 9.10. The van der Waals surface area contributed by atoms with Crippen LogP contribution >= 0.6 is 15.9 Å². The molecule has 1 N–H and O–H groups in total. The number of aryl methyl sites for hydroxylation is 1. The maximum Gasteiger partial charge on any atom is 0.107 e. The first kappa shape index (κ1) is 10.2. The second kappa shape index (κ2) is 4.03. The van der Waals surface area contributed by atoms with Crippen molar-refractivity contribution >= 4 is 15.9 Å². The van der Waals surface area contributed by atoms with Gasteiger partial charge in [0.1, 0.15) is 4.60 Å². The van der Waals surface area contributed by atoms with Crippen LogP contribution in [0.5, 0.6) is 0 Å². The fourth-order valence-electron chi connectivity index (χ4n) is 1.99. The molecule has 0 spiro atoms. The third-order valence-electron chi connectivity index (χ3n) is 2.91. The second-order valence-electron chi connectivity index (χ2n) is 4.03. The van der Waals surface area contributed by atoms with E-state index in [0.717, 1.165) is 30.3 Å². The van der Waals surface area contributed by atoms with Crippen LogP contribution in [0.2, 0.25) is 0 Å². The highest BCUT2D eigenvalue weighted by atomic mass is 79.9. The van der Waals surface area contributed by atoms with Gasteiger partial charge in [-0.25, -0.2) is 0 Å². The highest BCUT2D eigenvalue weighted by Crippen LogP contribution is 2.31. The molecule has 0 radical (unpaired) electrons. The van der Waals surface area contributed by atoms with Crippen molar-refractivity contribution in [2.45, 2.75) is 44.8 Å². The third-order valence-corrected chi connectivity index (χ3v) is 3.90. The Morgan fingerprint density at radius 1 is 1.43 bits per heavy atom. The van der Waals surface area contributed by atoms with Crippen molar-refractivity contribution in [2.75, 3.05) is 0 Å². The largest absolute Gasteiger partial charge is 0.393 e. The summed E-state index contributed by atoms with van der Waals surface area (Å²) < 4.78 is 3.13. The number of aliphatic hydroxyl groups excluding tert-OH is 1. The Hall–Kier alpha value is -0.350. The molecule has 0 unspecified atom stereocenters. The topological polar surface area (TPSA) is 38.0 Å². The second-order valence-corrected chi connectivity index (χ2v) is 4.78. The zero-order chi connectivity index (χ0) is 10.1. The molecule has 0 aromatic carbocycles. The number of aliphatic hydroxyl groups is 1. The lowest BCUT2D eigenvalue weighted by molar-refractivity contribution is 0.107. The van der Waals surface area contributed by atoms with E-state index in [1.54, 1.807) is 0 Å². The van der Waals surface area contributed by atoms with Gasteiger partial charge in [-0.3, -0.25) is 4.68 Å². The standard InChI is InChI=1S/C10H15BrN2O/c1-7-6-12-13(10(7)11)8-2-4-9(14)5-3-8/h6,8-9,14H,2-5H2,1H3. The van der Waals surface area contributed by atoms with Crippen LogP contribution in [0.3, 0.4) is 0 Å². The Balaban J connectivity index is 2.12. The molecule has 0 saturated heterocycles. The summed E-state index contributed by atoms with van der Waals surface area (Å²) in [6, 6.07) is 0.460. The van der Waals surface area contributed by atoms with Crippen LogP contribution in [0.1, 0.15) is 37.3 Å². The summed E-state index contributed by atoms with van der Waals surface area (Å²) in [4.78, 5) is 0. The molecule has 3 nitrogen and oxygen atoms in total. The van der Waals surface area contributed by atoms with E-state index in [-0.39, 0.29) is 6.10 Å². The van der Waals surface area contributed by atoms with Crippen LogP contribution in [0.15, 0.2) is 10.8 Å². The molecule has 0 bridgehead atoms. The van der Waals surface area contributed by atoms with Gasteiger partial charge in [0.2, 0.25) is 0 Å². The summed E-state index contributed by atoms with van der Waals surface area (Å²) in [5, 5.41) is 13.8. The van der Waals surface area contributed by atoms with E-state index >= 15 is 0 Å². The molecule has 14 heavy (non-hydrogen) atoms. The van der Waals surface area contributed by atoms with Crippen LogP contribution in [-0.2, 0) is 0 Å². The Morgan fingerprint density at radius 3 is 2.57 bits per heavy atom. The van der Waals surface area contributed by atoms with Crippen molar-refractivity contribution in [1.82, 2.24) is 9.78 Å². The predicted molar refractivity (Wildman–Crippen MR) is 58.2 cm³/mol. The molecule has 0 atom stereocenters. The van der Waals surface area contributed by atoms with Gasteiger partial charge in [0.15, 0.2) is 0 Å². The van der Waals surface area contributed by atoms with Gasteiger partial charge in [0.25, 0.3) is 0 Å². The number of nitrogens with zero attached hydrogens (tertiary/aromatic N) is 2. The molecule has 78 valence electrons. The van der Waals surface area contributed by atoms with Crippen molar-refractivity contribution in [1.29, 1.82) is 0 Å². The number of aromatic nitrogens is 2.